The molecule has 0 aliphatic heterocycles. The van der Waals surface area contributed by atoms with Crippen LogP contribution in [0.3, 0.4) is 0 Å². The van der Waals surface area contributed by atoms with E-state index in [4.69, 9.17) is 0 Å². The van der Waals surface area contributed by atoms with Crippen LogP contribution in [0.1, 0.15) is 16.2 Å². The first-order valence-corrected chi connectivity index (χ1v) is 7.07. The maximum Gasteiger partial charge on any atom is 0.434 e. The van der Waals surface area contributed by atoms with Gasteiger partial charge >= 0.3 is 6.18 Å². The van der Waals surface area contributed by atoms with Crippen LogP contribution in [0, 0.1) is 0 Å². The predicted molar refractivity (Wildman–Crippen MR) is 84.2 cm³/mol. The number of hydrogen-bond donors (Lipinski definition) is 1. The molecule has 0 radical (unpaired) electrons. The van der Waals surface area contributed by atoms with Gasteiger partial charge in [-0.25, -0.2) is 4.98 Å². The largest absolute Gasteiger partial charge is 0.434 e. The van der Waals surface area contributed by atoms with Crippen molar-refractivity contribution in [3.05, 3.63) is 64.5 Å². The summed E-state index contributed by atoms with van der Waals surface area (Å²) in [4.78, 5) is 30.6. The molecule has 0 fully saturated rings. The molecular formula is C16H11F3N4O2. The van der Waals surface area contributed by atoms with Gasteiger partial charge in [-0.1, -0.05) is 6.07 Å². The van der Waals surface area contributed by atoms with Crippen molar-refractivity contribution in [3.63, 3.8) is 0 Å². The van der Waals surface area contributed by atoms with Gasteiger partial charge in [-0.15, -0.1) is 0 Å². The highest BCUT2D eigenvalue weighted by Gasteiger charge is 2.33. The summed E-state index contributed by atoms with van der Waals surface area (Å²) in [6, 6.07) is 7.75. The molecule has 0 saturated carbocycles. The second-order valence-corrected chi connectivity index (χ2v) is 5.21. The molecule has 0 aliphatic rings. The Morgan fingerprint density at radius 2 is 1.92 bits per heavy atom. The van der Waals surface area contributed by atoms with Gasteiger partial charge in [-0.2, -0.15) is 13.2 Å². The van der Waals surface area contributed by atoms with Crippen molar-refractivity contribution in [2.75, 3.05) is 5.32 Å². The number of benzene rings is 1. The molecule has 0 aliphatic carbocycles. The number of halogens is 3. The second-order valence-electron chi connectivity index (χ2n) is 5.21. The summed E-state index contributed by atoms with van der Waals surface area (Å²) in [5, 5.41) is 3.07. The lowest BCUT2D eigenvalue weighted by atomic mass is 10.1. The summed E-state index contributed by atoms with van der Waals surface area (Å²) in [7, 11) is 1.58. The van der Waals surface area contributed by atoms with Crippen LogP contribution in [0.5, 0.6) is 0 Å². The van der Waals surface area contributed by atoms with Crippen LogP contribution < -0.4 is 10.9 Å². The number of anilines is 1. The number of alkyl halides is 3. The minimum Gasteiger partial charge on any atom is -0.320 e. The summed E-state index contributed by atoms with van der Waals surface area (Å²) in [5.74, 6) is -0.833. The fraction of sp³-hybridized carbons (Fsp3) is 0.125. The Morgan fingerprint density at radius 1 is 1.16 bits per heavy atom. The van der Waals surface area contributed by atoms with Gasteiger partial charge in [0.05, 0.1) is 23.6 Å². The molecule has 1 N–H and O–H groups in total. The maximum absolute atomic E-state index is 12.7. The third-order valence-corrected chi connectivity index (χ3v) is 3.57. The average molecular weight is 348 g/mol. The fourth-order valence-corrected chi connectivity index (χ4v) is 2.31. The Hall–Kier alpha value is -3.23. The first kappa shape index (κ1) is 16.6. The van der Waals surface area contributed by atoms with Gasteiger partial charge < -0.3 is 9.88 Å². The van der Waals surface area contributed by atoms with Gasteiger partial charge in [0, 0.05) is 18.5 Å². The van der Waals surface area contributed by atoms with E-state index in [2.05, 4.69) is 15.3 Å². The number of carbonyl (C=O) groups excluding carboxylic acids is 1. The Bertz CT molecular complexity index is 1030. The zero-order chi connectivity index (χ0) is 18.2. The van der Waals surface area contributed by atoms with Crippen LogP contribution in [0.4, 0.5) is 18.9 Å². The number of aromatic nitrogens is 3. The first-order valence-electron chi connectivity index (χ1n) is 7.07. The quantitative estimate of drug-likeness (QED) is 0.772. The monoisotopic (exact) mass is 348 g/mol. The minimum atomic E-state index is -4.69. The smallest absolute Gasteiger partial charge is 0.320 e. The SMILES string of the molecule is Cn1c(=O)ccc2c(NC(=O)c3cncc(C(F)(F)F)n3)cccc21. The standard InChI is InChI=1S/C16H11F3N4O2/c1-23-12-4-2-3-10(9(12)5-6-14(23)24)22-15(25)11-7-20-8-13(21-11)16(17,18)19/h2-8H,1H3,(H,22,25). The lowest BCUT2D eigenvalue weighted by molar-refractivity contribution is -0.141. The highest BCUT2D eigenvalue weighted by atomic mass is 19.4. The molecule has 128 valence electrons. The molecule has 0 bridgehead atoms. The highest BCUT2D eigenvalue weighted by Crippen LogP contribution is 2.27. The number of amides is 1. The van der Waals surface area contributed by atoms with E-state index in [0.29, 0.717) is 22.8 Å². The van der Waals surface area contributed by atoms with Crippen LogP contribution in [0.2, 0.25) is 0 Å². The molecular weight excluding hydrogens is 337 g/mol. The van der Waals surface area contributed by atoms with Gasteiger partial charge in [-0.05, 0) is 18.2 Å². The van der Waals surface area contributed by atoms with Gasteiger partial charge in [0.1, 0.15) is 5.69 Å². The number of aryl methyl sites for hydroxylation is 1. The van der Waals surface area contributed by atoms with Gasteiger partial charge in [0.15, 0.2) is 5.69 Å². The van der Waals surface area contributed by atoms with Gasteiger partial charge in [0.25, 0.3) is 11.5 Å². The Morgan fingerprint density at radius 3 is 2.64 bits per heavy atom. The van der Waals surface area contributed by atoms with Crippen molar-refractivity contribution >= 4 is 22.5 Å². The number of nitrogens with zero attached hydrogens (tertiary/aromatic N) is 3. The van der Waals surface area contributed by atoms with Crippen LogP contribution >= 0.6 is 0 Å². The third-order valence-electron chi connectivity index (χ3n) is 3.57. The molecule has 25 heavy (non-hydrogen) atoms. The third kappa shape index (κ3) is 3.21. The van der Waals surface area contributed by atoms with Crippen molar-refractivity contribution in [3.8, 4) is 0 Å². The molecule has 6 nitrogen and oxygen atoms in total. The van der Waals surface area contributed by atoms with Crippen LogP contribution in [0.25, 0.3) is 10.9 Å². The molecule has 0 atom stereocenters. The maximum atomic E-state index is 12.7. The molecule has 2 aromatic heterocycles. The van der Waals surface area contributed by atoms with Gasteiger partial charge in [0.2, 0.25) is 0 Å². The summed E-state index contributed by atoms with van der Waals surface area (Å²) in [5.41, 5.74) is -1.02. The van der Waals surface area contributed by atoms with E-state index in [-0.39, 0.29) is 5.56 Å². The molecule has 0 unspecified atom stereocenters. The number of nitrogens with one attached hydrogen (secondary N) is 1. The molecule has 2 heterocycles. The van der Waals surface area contributed by atoms with Gasteiger partial charge in [-0.3, -0.25) is 14.6 Å². The second kappa shape index (κ2) is 6.00. The molecule has 1 aromatic carbocycles. The average Bonchev–Trinajstić information content (AvgIpc) is 2.58. The van der Waals surface area contributed by atoms with E-state index in [1.165, 1.54) is 16.7 Å². The van der Waals surface area contributed by atoms with E-state index in [9.17, 15) is 22.8 Å². The lowest BCUT2D eigenvalue weighted by Gasteiger charge is -2.11. The Balaban J connectivity index is 1.98. The van der Waals surface area contributed by atoms with E-state index in [1.54, 1.807) is 25.2 Å². The van der Waals surface area contributed by atoms with E-state index < -0.39 is 23.5 Å². The fourth-order valence-electron chi connectivity index (χ4n) is 2.31. The van der Waals surface area contributed by atoms with Crippen molar-refractivity contribution in [2.24, 2.45) is 7.05 Å². The van der Waals surface area contributed by atoms with E-state index in [0.717, 1.165) is 6.20 Å². The lowest BCUT2D eigenvalue weighted by Crippen LogP contribution is -2.19. The normalized spacial score (nSPS) is 11.5. The zero-order valence-corrected chi connectivity index (χ0v) is 12.8. The molecule has 9 heteroatoms. The van der Waals surface area contributed by atoms with E-state index >= 15 is 0 Å². The molecule has 3 rings (SSSR count). The Labute approximate surface area is 139 Å². The minimum absolute atomic E-state index is 0.222. The summed E-state index contributed by atoms with van der Waals surface area (Å²) in [6.07, 6.45) is -3.20. The number of rotatable bonds is 2. The van der Waals surface area contributed by atoms with E-state index in [1.807, 2.05) is 0 Å². The number of fused-ring (bicyclic) bond motifs is 1. The Kier molecular flexibility index (Phi) is 3.99. The van der Waals surface area contributed by atoms with Crippen molar-refractivity contribution < 1.29 is 18.0 Å². The number of hydrogen-bond acceptors (Lipinski definition) is 4. The number of pyridine rings is 1. The van der Waals surface area contributed by atoms with Crippen LogP contribution in [0.15, 0.2) is 47.5 Å². The molecule has 3 aromatic rings. The van der Waals surface area contributed by atoms with Crippen LogP contribution in [-0.2, 0) is 13.2 Å². The predicted octanol–water partition coefficient (Wildman–Crippen LogP) is 2.60. The van der Waals surface area contributed by atoms with Crippen molar-refractivity contribution in [1.82, 2.24) is 14.5 Å². The van der Waals surface area contributed by atoms with Crippen molar-refractivity contribution in [1.29, 1.82) is 0 Å². The molecule has 0 spiro atoms. The summed E-state index contributed by atoms with van der Waals surface area (Å²) >= 11 is 0. The zero-order valence-electron chi connectivity index (χ0n) is 12.8. The van der Waals surface area contributed by atoms with Crippen molar-refractivity contribution in [2.45, 2.75) is 6.18 Å². The summed E-state index contributed by atoms with van der Waals surface area (Å²) < 4.78 is 39.4. The highest BCUT2D eigenvalue weighted by molar-refractivity contribution is 6.07. The number of carbonyl (C=O) groups is 1. The summed E-state index contributed by atoms with van der Waals surface area (Å²) in [6.45, 7) is 0. The molecule has 0 saturated heterocycles. The topological polar surface area (TPSA) is 76.9 Å². The molecule has 1 amide bonds. The van der Waals surface area contributed by atoms with Crippen LogP contribution in [-0.4, -0.2) is 20.4 Å². The first-order chi connectivity index (χ1) is 11.8.